The summed E-state index contributed by atoms with van der Waals surface area (Å²) in [4.78, 5) is 51.4. The van der Waals surface area contributed by atoms with Gasteiger partial charge in [0, 0.05) is 19.3 Å². The molecule has 0 aromatic carbocycles. The smallest absolute Gasteiger partial charge is 0.335 e. The zero-order valence-corrected chi connectivity index (χ0v) is 52.9. The van der Waals surface area contributed by atoms with Crippen molar-refractivity contribution in [1.82, 2.24) is 0 Å². The molecule has 0 aromatic heterocycles. The summed E-state index contributed by atoms with van der Waals surface area (Å²) in [6.45, 7) is 5.89. The number of aliphatic hydroxyl groups excluding tert-OH is 2. The Labute approximate surface area is 506 Å². The fourth-order valence-electron chi connectivity index (χ4n) is 10.1. The number of carbonyl (C=O) groups excluding carboxylic acids is 3. The van der Waals surface area contributed by atoms with E-state index in [1.165, 1.54) is 135 Å². The summed E-state index contributed by atoms with van der Waals surface area (Å²) in [5.41, 5.74) is 0. The first-order valence-corrected chi connectivity index (χ1v) is 33.9. The molecular weight excluding hydrogens is 1040 g/mol. The molecule has 1 rings (SSSR count). The normalized spacial score (nSPS) is 18.0. The molecule has 1 aliphatic heterocycles. The van der Waals surface area contributed by atoms with E-state index in [4.69, 9.17) is 23.7 Å². The van der Waals surface area contributed by atoms with E-state index in [-0.39, 0.29) is 25.9 Å². The number of carbonyl (C=O) groups is 4. The maximum Gasteiger partial charge on any atom is 0.335 e. The summed E-state index contributed by atoms with van der Waals surface area (Å²) in [5, 5.41) is 31.6. The van der Waals surface area contributed by atoms with Gasteiger partial charge in [-0.3, -0.25) is 14.4 Å². The highest BCUT2D eigenvalue weighted by Crippen LogP contribution is 2.27. The number of unbranched alkanes of at least 4 members (excludes halogenated alkanes) is 32. The van der Waals surface area contributed by atoms with Gasteiger partial charge < -0.3 is 39.0 Å². The number of esters is 3. The minimum atomic E-state index is -1.91. The Morgan fingerprint density at radius 1 is 0.410 bits per heavy atom. The Kier molecular flexibility index (Phi) is 54.4. The molecule has 1 fully saturated rings. The van der Waals surface area contributed by atoms with E-state index in [2.05, 4.69) is 93.7 Å². The molecule has 1 saturated heterocycles. The van der Waals surface area contributed by atoms with Gasteiger partial charge in [-0.05, 0) is 89.9 Å². The third-order valence-corrected chi connectivity index (χ3v) is 15.3. The van der Waals surface area contributed by atoms with Gasteiger partial charge in [0.2, 0.25) is 0 Å². The molecule has 478 valence electrons. The lowest BCUT2D eigenvalue weighted by Crippen LogP contribution is -2.61. The van der Waals surface area contributed by atoms with Crippen LogP contribution in [0, 0.1) is 0 Å². The number of allylic oxidation sites excluding steroid dienone is 12. The van der Waals surface area contributed by atoms with Crippen molar-refractivity contribution in [2.75, 3.05) is 13.2 Å². The van der Waals surface area contributed by atoms with Crippen molar-refractivity contribution in [3.63, 3.8) is 0 Å². The standard InChI is InChI=1S/C71H122O12/c1-4-7-10-13-16-19-22-25-28-31-32-35-36-39-42-45-48-51-54-57-63(72)79-60-62(81-64(73)58-55-52-49-46-43-40-37-33-29-26-23-20-17-14-11-8-5-2)61-80-71-69(67(76)66(75)68(83-71)70(77)78)82-65(74)59-56-53-50-47-44-41-38-34-30-27-24-21-18-15-12-9-6-3/h7,10,16,19,25-26,28-29,32,35,39,42,62,66-69,71,75-76H,4-6,8-9,11-15,17-18,20-24,27,30-31,33-34,36-38,40-41,43-61H2,1-3H3,(H,77,78)/b10-7-,19-16-,28-25-,29-26-,35-32-,42-39-. The summed E-state index contributed by atoms with van der Waals surface area (Å²) in [6, 6.07) is 0. The third kappa shape index (κ3) is 48.0. The Balaban J connectivity index is 2.67. The SMILES string of the molecule is CC/C=C\C/C=C\C/C=C\C/C=C\C/C=C\CCCCCC(=O)OCC(COC1OC(C(=O)O)C(O)C(O)C1OC(=O)CCCCCCCCCCCCCCCCCCC)OC(=O)CCCCCCCCC/C=C\CCCCCCCC. The van der Waals surface area contributed by atoms with Crippen LogP contribution in [-0.2, 0) is 42.9 Å². The van der Waals surface area contributed by atoms with E-state index < -0.39 is 67.3 Å². The number of rotatable bonds is 58. The van der Waals surface area contributed by atoms with Crippen molar-refractivity contribution in [2.45, 2.75) is 340 Å². The van der Waals surface area contributed by atoms with E-state index in [9.17, 15) is 34.5 Å². The van der Waals surface area contributed by atoms with E-state index in [0.717, 1.165) is 109 Å². The third-order valence-electron chi connectivity index (χ3n) is 15.3. The quantitative estimate of drug-likeness (QED) is 0.0228. The van der Waals surface area contributed by atoms with Crippen LogP contribution in [0.1, 0.15) is 303 Å². The monoisotopic (exact) mass is 1170 g/mol. The Bertz CT molecular complexity index is 1720. The zero-order valence-electron chi connectivity index (χ0n) is 52.9. The second kappa shape index (κ2) is 58.5. The average Bonchev–Trinajstić information content (AvgIpc) is 3.59. The summed E-state index contributed by atoms with van der Waals surface area (Å²) in [6.07, 6.45) is 62.8. The van der Waals surface area contributed by atoms with Crippen LogP contribution in [0.3, 0.4) is 0 Å². The minimum absolute atomic E-state index is 0.0591. The van der Waals surface area contributed by atoms with Crippen molar-refractivity contribution >= 4 is 23.9 Å². The maximum absolute atomic E-state index is 13.2. The molecule has 1 aliphatic rings. The van der Waals surface area contributed by atoms with E-state index >= 15 is 0 Å². The first kappa shape index (κ1) is 77.2. The van der Waals surface area contributed by atoms with Gasteiger partial charge >= 0.3 is 23.9 Å². The molecule has 0 saturated carbocycles. The van der Waals surface area contributed by atoms with Crippen LogP contribution in [0.4, 0.5) is 0 Å². The van der Waals surface area contributed by atoms with E-state index in [1.54, 1.807) is 0 Å². The largest absolute Gasteiger partial charge is 0.479 e. The number of hydrogen-bond acceptors (Lipinski definition) is 11. The highest BCUT2D eigenvalue weighted by atomic mass is 16.7. The first-order valence-electron chi connectivity index (χ1n) is 33.9. The Morgan fingerprint density at radius 3 is 1.18 bits per heavy atom. The molecule has 6 unspecified atom stereocenters. The summed E-state index contributed by atoms with van der Waals surface area (Å²) in [7, 11) is 0. The summed E-state index contributed by atoms with van der Waals surface area (Å²) < 4.78 is 28.6. The lowest BCUT2D eigenvalue weighted by molar-refractivity contribution is -0.301. The molecule has 6 atom stereocenters. The molecule has 0 radical (unpaired) electrons. The van der Waals surface area contributed by atoms with Crippen molar-refractivity contribution in [3.05, 3.63) is 72.9 Å². The van der Waals surface area contributed by atoms with Crippen molar-refractivity contribution in [3.8, 4) is 0 Å². The molecule has 12 nitrogen and oxygen atoms in total. The van der Waals surface area contributed by atoms with Crippen molar-refractivity contribution in [1.29, 1.82) is 0 Å². The molecule has 0 aliphatic carbocycles. The summed E-state index contributed by atoms with van der Waals surface area (Å²) >= 11 is 0. The molecule has 0 bridgehead atoms. The van der Waals surface area contributed by atoms with Crippen molar-refractivity contribution in [2.24, 2.45) is 0 Å². The number of carboxylic acids is 1. The number of ether oxygens (including phenoxy) is 5. The molecule has 0 spiro atoms. The predicted molar refractivity (Wildman–Crippen MR) is 340 cm³/mol. The molecule has 12 heteroatoms. The van der Waals surface area contributed by atoms with Crippen LogP contribution in [0.25, 0.3) is 0 Å². The molecular formula is C71H122O12. The number of aliphatic carboxylic acids is 1. The van der Waals surface area contributed by atoms with Gasteiger partial charge in [-0.15, -0.1) is 0 Å². The van der Waals surface area contributed by atoms with Crippen LogP contribution < -0.4 is 0 Å². The Hall–Kier alpha value is -3.84. The summed E-state index contributed by atoms with van der Waals surface area (Å²) in [5.74, 6) is -3.15. The van der Waals surface area contributed by atoms with Crippen LogP contribution in [0.5, 0.6) is 0 Å². The topological polar surface area (TPSA) is 175 Å². The molecule has 3 N–H and O–H groups in total. The van der Waals surface area contributed by atoms with Gasteiger partial charge in [0.25, 0.3) is 0 Å². The van der Waals surface area contributed by atoms with Gasteiger partial charge in [0.15, 0.2) is 24.6 Å². The van der Waals surface area contributed by atoms with Crippen molar-refractivity contribution < 1.29 is 58.2 Å². The highest BCUT2D eigenvalue weighted by Gasteiger charge is 2.50. The lowest BCUT2D eigenvalue weighted by Gasteiger charge is -2.40. The molecule has 1 heterocycles. The van der Waals surface area contributed by atoms with Crippen LogP contribution in [-0.4, -0.2) is 89.2 Å². The number of hydrogen-bond donors (Lipinski definition) is 3. The van der Waals surface area contributed by atoms with E-state index in [0.29, 0.717) is 19.3 Å². The maximum atomic E-state index is 13.2. The van der Waals surface area contributed by atoms with Gasteiger partial charge in [-0.2, -0.15) is 0 Å². The van der Waals surface area contributed by atoms with Gasteiger partial charge in [-0.1, -0.05) is 267 Å². The average molecular weight is 1170 g/mol. The Morgan fingerprint density at radius 2 is 0.759 bits per heavy atom. The van der Waals surface area contributed by atoms with Crippen LogP contribution in [0.15, 0.2) is 72.9 Å². The van der Waals surface area contributed by atoms with Gasteiger partial charge in [-0.25, -0.2) is 4.79 Å². The minimum Gasteiger partial charge on any atom is -0.479 e. The molecule has 83 heavy (non-hydrogen) atoms. The highest BCUT2D eigenvalue weighted by molar-refractivity contribution is 5.74. The lowest BCUT2D eigenvalue weighted by atomic mass is 9.98. The second-order valence-corrected chi connectivity index (χ2v) is 23.1. The fourth-order valence-corrected chi connectivity index (χ4v) is 10.1. The first-order chi connectivity index (χ1) is 40.6. The van der Waals surface area contributed by atoms with Crippen LogP contribution in [0.2, 0.25) is 0 Å². The molecule has 0 aromatic rings. The number of aliphatic hydroxyl groups is 2. The van der Waals surface area contributed by atoms with E-state index in [1.807, 2.05) is 0 Å². The predicted octanol–water partition coefficient (Wildman–Crippen LogP) is 18.5. The number of carboxylic acid groups (broad SMARTS) is 1. The second-order valence-electron chi connectivity index (χ2n) is 23.1. The van der Waals surface area contributed by atoms with Gasteiger partial charge in [0.1, 0.15) is 18.8 Å². The molecule has 0 amide bonds. The fraction of sp³-hybridized carbons (Fsp3) is 0.775. The zero-order chi connectivity index (χ0) is 60.3. The van der Waals surface area contributed by atoms with Crippen LogP contribution >= 0.6 is 0 Å². The van der Waals surface area contributed by atoms with Gasteiger partial charge in [0.05, 0.1) is 6.61 Å².